The van der Waals surface area contributed by atoms with Crippen LogP contribution >= 0.6 is 11.8 Å². The van der Waals surface area contributed by atoms with Gasteiger partial charge in [-0.1, -0.05) is 12.1 Å². The number of anilines is 1. The molecule has 10 nitrogen and oxygen atoms in total. The zero-order valence-electron chi connectivity index (χ0n) is 19.6. The summed E-state index contributed by atoms with van der Waals surface area (Å²) in [7, 11) is 0. The highest BCUT2D eigenvalue weighted by atomic mass is 32.2. The van der Waals surface area contributed by atoms with E-state index in [2.05, 4.69) is 5.32 Å². The fraction of sp³-hybridized carbons (Fsp3) is 0.565. The summed E-state index contributed by atoms with van der Waals surface area (Å²) >= 11 is 1.60. The van der Waals surface area contributed by atoms with Gasteiger partial charge in [-0.2, -0.15) is 0 Å². The van der Waals surface area contributed by atoms with Gasteiger partial charge in [0.2, 0.25) is 0 Å². The highest BCUT2D eigenvalue weighted by Gasteiger charge is 2.03. The van der Waals surface area contributed by atoms with Crippen molar-refractivity contribution in [3.05, 3.63) is 36.4 Å². The molecule has 0 atom stereocenters. The number of carbonyl (C=O) groups is 2. The van der Waals surface area contributed by atoms with E-state index in [-0.39, 0.29) is 13.2 Å². The van der Waals surface area contributed by atoms with Gasteiger partial charge in [-0.25, -0.2) is 9.59 Å². The number of nitrogens with one attached hydrogen (secondary N) is 1. The number of amides is 1. The Bertz CT molecular complexity index is 703. The molecule has 0 bridgehead atoms. The van der Waals surface area contributed by atoms with E-state index in [1.54, 1.807) is 23.9 Å². The van der Waals surface area contributed by atoms with Crippen molar-refractivity contribution in [1.82, 2.24) is 0 Å². The zero-order valence-corrected chi connectivity index (χ0v) is 20.4. The number of hydrogen-bond donors (Lipinski definition) is 2. The summed E-state index contributed by atoms with van der Waals surface area (Å²) in [5, 5.41) is 11.1. The summed E-state index contributed by atoms with van der Waals surface area (Å²) in [6, 6.07) is 7.51. The number of carbonyl (C=O) groups excluding carboxylic acids is 1. The third-order valence-electron chi connectivity index (χ3n) is 3.95. The highest BCUT2D eigenvalue weighted by molar-refractivity contribution is 7.98. The Morgan fingerprint density at radius 2 is 1.38 bits per heavy atom. The number of benzene rings is 1. The van der Waals surface area contributed by atoms with Crippen LogP contribution in [0.3, 0.4) is 0 Å². The van der Waals surface area contributed by atoms with Crippen molar-refractivity contribution in [2.45, 2.75) is 11.3 Å². The second kappa shape index (κ2) is 21.4. The molecule has 0 aliphatic rings. The van der Waals surface area contributed by atoms with Gasteiger partial charge in [0.1, 0.15) is 6.61 Å². The van der Waals surface area contributed by atoms with Crippen molar-refractivity contribution in [3.8, 4) is 0 Å². The van der Waals surface area contributed by atoms with Crippen LogP contribution in [0.15, 0.2) is 41.3 Å². The Morgan fingerprint density at radius 3 is 1.91 bits per heavy atom. The first-order valence-corrected chi connectivity index (χ1v) is 12.2. The second-order valence-corrected chi connectivity index (χ2v) is 7.46. The standard InChI is InChI=1S/C23H35NO9S/c1-34-21-6-4-5-20(19-21)24-23(27)33-18-17-32-16-15-31-14-13-30-12-11-29-10-9-28-8-3-2-7-22(25)26/h2,4-7,19H,3,8-18H2,1H3,(H,24,27)(H,25,26). The third kappa shape index (κ3) is 18.3. The van der Waals surface area contributed by atoms with Crippen LogP contribution in [-0.4, -0.2) is 96.1 Å². The summed E-state index contributed by atoms with van der Waals surface area (Å²) in [4.78, 5) is 23.1. The maximum atomic E-state index is 11.7. The van der Waals surface area contributed by atoms with Gasteiger partial charge in [-0.3, -0.25) is 5.32 Å². The summed E-state index contributed by atoms with van der Waals surface area (Å²) in [6.07, 6.45) is 4.66. The number of aliphatic carboxylic acids is 1. The van der Waals surface area contributed by atoms with Crippen LogP contribution in [0.5, 0.6) is 0 Å². The van der Waals surface area contributed by atoms with E-state index >= 15 is 0 Å². The van der Waals surface area contributed by atoms with Crippen LogP contribution in [-0.2, 0) is 33.2 Å². The second-order valence-electron chi connectivity index (χ2n) is 6.58. The summed E-state index contributed by atoms with van der Waals surface area (Å²) < 4.78 is 31.9. The monoisotopic (exact) mass is 501 g/mol. The number of rotatable bonds is 21. The minimum absolute atomic E-state index is 0.157. The maximum absolute atomic E-state index is 11.7. The van der Waals surface area contributed by atoms with E-state index in [9.17, 15) is 9.59 Å². The first kappa shape index (κ1) is 29.9. The Balaban J connectivity index is 1.78. The quantitative estimate of drug-likeness (QED) is 0.148. The maximum Gasteiger partial charge on any atom is 0.411 e. The van der Waals surface area contributed by atoms with E-state index in [4.69, 9.17) is 33.5 Å². The SMILES string of the molecule is CSc1cccc(NC(=O)OCCOCCOCCOCCOCCOCCC=CC(=O)O)c1. The smallest absolute Gasteiger partial charge is 0.411 e. The molecule has 0 aliphatic heterocycles. The van der Waals surface area contributed by atoms with Gasteiger partial charge in [0.25, 0.3) is 0 Å². The minimum atomic E-state index is -0.959. The molecule has 0 spiro atoms. The minimum Gasteiger partial charge on any atom is -0.478 e. The van der Waals surface area contributed by atoms with Gasteiger partial charge in [0, 0.05) is 16.7 Å². The van der Waals surface area contributed by atoms with E-state index < -0.39 is 12.1 Å². The molecule has 34 heavy (non-hydrogen) atoms. The molecule has 192 valence electrons. The largest absolute Gasteiger partial charge is 0.478 e. The van der Waals surface area contributed by atoms with Crippen molar-refractivity contribution in [3.63, 3.8) is 0 Å². The Labute approximate surface area is 204 Å². The average Bonchev–Trinajstić information content (AvgIpc) is 2.82. The molecule has 0 fully saturated rings. The Kier molecular flexibility index (Phi) is 18.8. The molecule has 0 saturated carbocycles. The van der Waals surface area contributed by atoms with Crippen LogP contribution in [0.2, 0.25) is 0 Å². The fourth-order valence-corrected chi connectivity index (χ4v) is 2.82. The molecule has 1 aromatic carbocycles. The van der Waals surface area contributed by atoms with Crippen LogP contribution in [0.4, 0.5) is 10.5 Å². The van der Waals surface area contributed by atoms with Gasteiger partial charge >= 0.3 is 12.1 Å². The first-order chi connectivity index (χ1) is 16.6. The molecule has 1 rings (SSSR count). The van der Waals surface area contributed by atoms with E-state index in [0.29, 0.717) is 71.6 Å². The lowest BCUT2D eigenvalue weighted by molar-refractivity contribution is -0.131. The fourth-order valence-electron chi connectivity index (χ4n) is 2.37. The van der Waals surface area contributed by atoms with Crippen molar-refractivity contribution >= 4 is 29.5 Å². The number of carboxylic acids is 1. The number of carboxylic acid groups (broad SMARTS) is 1. The summed E-state index contributed by atoms with van der Waals surface area (Å²) in [5.74, 6) is -0.959. The average molecular weight is 502 g/mol. The van der Waals surface area contributed by atoms with Crippen LogP contribution in [0.25, 0.3) is 0 Å². The number of ether oxygens (including phenoxy) is 6. The van der Waals surface area contributed by atoms with Crippen LogP contribution in [0.1, 0.15) is 6.42 Å². The predicted octanol–water partition coefficient (Wildman–Crippen LogP) is 3.07. The molecular weight excluding hydrogens is 466 g/mol. The molecule has 0 saturated heterocycles. The van der Waals surface area contributed by atoms with Crippen molar-refractivity contribution in [2.24, 2.45) is 0 Å². The molecule has 0 heterocycles. The van der Waals surface area contributed by atoms with Crippen LogP contribution < -0.4 is 5.32 Å². The molecule has 2 N–H and O–H groups in total. The van der Waals surface area contributed by atoms with Crippen LogP contribution in [0, 0.1) is 0 Å². The van der Waals surface area contributed by atoms with Gasteiger partial charge in [0.05, 0.1) is 66.1 Å². The van der Waals surface area contributed by atoms with Gasteiger partial charge < -0.3 is 33.5 Å². The van der Waals surface area contributed by atoms with Gasteiger partial charge in [0.15, 0.2) is 0 Å². The van der Waals surface area contributed by atoms with E-state index in [1.807, 2.05) is 24.5 Å². The van der Waals surface area contributed by atoms with Crippen molar-refractivity contribution in [1.29, 1.82) is 0 Å². The van der Waals surface area contributed by atoms with Crippen molar-refractivity contribution < 1.29 is 43.1 Å². The molecule has 1 amide bonds. The molecular formula is C23H35NO9S. The van der Waals surface area contributed by atoms with Crippen molar-refractivity contribution in [2.75, 3.05) is 84.2 Å². The zero-order chi connectivity index (χ0) is 24.7. The lowest BCUT2D eigenvalue weighted by Gasteiger charge is -2.09. The Hall–Kier alpha value is -2.15. The Morgan fingerprint density at radius 1 is 0.853 bits per heavy atom. The normalized spacial score (nSPS) is 11.1. The predicted molar refractivity (Wildman–Crippen MR) is 129 cm³/mol. The molecule has 0 unspecified atom stereocenters. The third-order valence-corrected chi connectivity index (χ3v) is 4.68. The molecule has 11 heteroatoms. The molecule has 0 aliphatic carbocycles. The first-order valence-electron chi connectivity index (χ1n) is 11.0. The number of hydrogen-bond acceptors (Lipinski definition) is 9. The molecule has 0 aromatic heterocycles. The highest BCUT2D eigenvalue weighted by Crippen LogP contribution is 2.18. The van der Waals surface area contributed by atoms with Gasteiger partial charge in [-0.05, 0) is 30.9 Å². The molecule has 1 aromatic rings. The van der Waals surface area contributed by atoms with E-state index in [1.165, 1.54) is 0 Å². The molecule has 0 radical (unpaired) electrons. The van der Waals surface area contributed by atoms with Gasteiger partial charge in [-0.15, -0.1) is 11.8 Å². The van der Waals surface area contributed by atoms with E-state index in [0.717, 1.165) is 11.0 Å². The number of thioether (sulfide) groups is 1. The summed E-state index contributed by atoms with van der Waals surface area (Å²) in [6.45, 7) is 4.46. The topological polar surface area (TPSA) is 122 Å². The summed E-state index contributed by atoms with van der Waals surface area (Å²) in [5.41, 5.74) is 0.688. The lowest BCUT2D eigenvalue weighted by atomic mass is 10.3. The lowest BCUT2D eigenvalue weighted by Crippen LogP contribution is -2.18.